The minimum absolute atomic E-state index is 0.249. The molecule has 2 rings (SSSR count). The molecule has 2 heterocycles. The van der Waals surface area contributed by atoms with E-state index in [1.807, 2.05) is 24.0 Å². The molecule has 0 saturated carbocycles. The molecule has 1 aliphatic heterocycles. The van der Waals surface area contributed by atoms with Crippen molar-refractivity contribution in [1.82, 2.24) is 15.1 Å². The lowest BCUT2D eigenvalue weighted by Crippen LogP contribution is -2.35. The number of guanidine groups is 1. The van der Waals surface area contributed by atoms with E-state index >= 15 is 0 Å². The summed E-state index contributed by atoms with van der Waals surface area (Å²) < 4.78 is 7.36. The molecule has 1 unspecified atom stereocenters. The molecule has 3 N–H and O–H groups in total. The van der Waals surface area contributed by atoms with E-state index in [0.29, 0.717) is 12.5 Å². The van der Waals surface area contributed by atoms with E-state index in [4.69, 9.17) is 10.5 Å². The van der Waals surface area contributed by atoms with Crippen LogP contribution in [-0.4, -0.2) is 41.5 Å². The summed E-state index contributed by atoms with van der Waals surface area (Å²) in [6, 6.07) is 0. The van der Waals surface area contributed by atoms with Crippen LogP contribution in [0.5, 0.6) is 0 Å². The zero-order valence-electron chi connectivity index (χ0n) is 10.8. The average Bonchev–Trinajstić information content (AvgIpc) is 2.98. The highest BCUT2D eigenvalue weighted by molar-refractivity contribution is 5.77. The monoisotopic (exact) mass is 251 g/mol. The van der Waals surface area contributed by atoms with Crippen molar-refractivity contribution in [3.63, 3.8) is 0 Å². The van der Waals surface area contributed by atoms with E-state index in [9.17, 15) is 0 Å². The van der Waals surface area contributed by atoms with Crippen molar-refractivity contribution in [2.45, 2.75) is 32.4 Å². The lowest BCUT2D eigenvalue weighted by Gasteiger charge is -2.08. The highest BCUT2D eigenvalue weighted by atomic mass is 16.5. The van der Waals surface area contributed by atoms with Crippen LogP contribution in [0.25, 0.3) is 0 Å². The number of aliphatic imine (C=N–C) groups is 1. The molecule has 1 aromatic rings. The summed E-state index contributed by atoms with van der Waals surface area (Å²) >= 11 is 0. The van der Waals surface area contributed by atoms with Gasteiger partial charge in [0.2, 0.25) is 0 Å². The van der Waals surface area contributed by atoms with E-state index < -0.39 is 0 Å². The fourth-order valence-corrected chi connectivity index (χ4v) is 1.93. The summed E-state index contributed by atoms with van der Waals surface area (Å²) in [7, 11) is 0. The second-order valence-electron chi connectivity index (χ2n) is 4.57. The van der Waals surface area contributed by atoms with Crippen molar-refractivity contribution >= 4 is 5.96 Å². The Bertz CT molecular complexity index is 395. The minimum atomic E-state index is 0.249. The van der Waals surface area contributed by atoms with Crippen LogP contribution in [0.15, 0.2) is 17.4 Å². The summed E-state index contributed by atoms with van der Waals surface area (Å²) in [5, 5.41) is 7.27. The van der Waals surface area contributed by atoms with Gasteiger partial charge in [-0.05, 0) is 25.3 Å². The molecular weight excluding hydrogens is 230 g/mol. The zero-order chi connectivity index (χ0) is 12.8. The smallest absolute Gasteiger partial charge is 0.188 e. The molecule has 6 nitrogen and oxygen atoms in total. The van der Waals surface area contributed by atoms with Crippen molar-refractivity contribution in [3.05, 3.63) is 18.0 Å². The average molecular weight is 251 g/mol. The van der Waals surface area contributed by atoms with Crippen LogP contribution in [-0.2, 0) is 11.3 Å². The molecule has 0 amide bonds. The molecule has 0 bridgehead atoms. The molecule has 0 aromatic carbocycles. The van der Waals surface area contributed by atoms with Gasteiger partial charge >= 0.3 is 0 Å². The third-order valence-corrected chi connectivity index (χ3v) is 2.90. The number of rotatable bonds is 5. The molecule has 1 aliphatic rings. The van der Waals surface area contributed by atoms with Crippen molar-refractivity contribution in [2.24, 2.45) is 10.7 Å². The number of nitrogens with zero attached hydrogens (tertiary/aromatic N) is 3. The first-order valence-electron chi connectivity index (χ1n) is 6.38. The van der Waals surface area contributed by atoms with Crippen LogP contribution in [0.3, 0.4) is 0 Å². The Morgan fingerprint density at radius 3 is 3.28 bits per heavy atom. The first-order chi connectivity index (χ1) is 8.74. The molecule has 0 radical (unpaired) electrons. The van der Waals surface area contributed by atoms with Crippen LogP contribution >= 0.6 is 0 Å². The maximum Gasteiger partial charge on any atom is 0.188 e. The molecule has 1 atom stereocenters. The largest absolute Gasteiger partial charge is 0.376 e. The molecule has 100 valence electrons. The van der Waals surface area contributed by atoms with Crippen LogP contribution in [0.2, 0.25) is 0 Å². The van der Waals surface area contributed by atoms with E-state index in [0.717, 1.165) is 38.1 Å². The van der Waals surface area contributed by atoms with Gasteiger partial charge in [-0.1, -0.05) is 0 Å². The molecule has 18 heavy (non-hydrogen) atoms. The predicted molar refractivity (Wildman–Crippen MR) is 70.4 cm³/mol. The van der Waals surface area contributed by atoms with Gasteiger partial charge in [0.25, 0.3) is 0 Å². The van der Waals surface area contributed by atoms with E-state index in [1.165, 1.54) is 0 Å². The Hall–Kier alpha value is -1.56. The topological polar surface area (TPSA) is 77.5 Å². The van der Waals surface area contributed by atoms with Gasteiger partial charge in [-0.2, -0.15) is 5.10 Å². The molecular formula is C12H21N5O. The lowest BCUT2D eigenvalue weighted by atomic mass is 10.2. The second kappa shape index (κ2) is 6.39. The van der Waals surface area contributed by atoms with Gasteiger partial charge in [-0.15, -0.1) is 0 Å². The first kappa shape index (κ1) is 12.9. The summed E-state index contributed by atoms with van der Waals surface area (Å²) in [4.78, 5) is 4.27. The van der Waals surface area contributed by atoms with Crippen molar-refractivity contribution in [3.8, 4) is 0 Å². The zero-order valence-corrected chi connectivity index (χ0v) is 10.8. The number of hydrogen-bond donors (Lipinski definition) is 2. The Kier molecular flexibility index (Phi) is 4.58. The van der Waals surface area contributed by atoms with Gasteiger partial charge in [-0.25, -0.2) is 0 Å². The van der Waals surface area contributed by atoms with Gasteiger partial charge in [0.15, 0.2) is 5.96 Å². The molecule has 1 aromatic heterocycles. The molecule has 6 heteroatoms. The molecule has 0 spiro atoms. The van der Waals surface area contributed by atoms with E-state index in [2.05, 4.69) is 15.4 Å². The Morgan fingerprint density at radius 2 is 2.61 bits per heavy atom. The lowest BCUT2D eigenvalue weighted by molar-refractivity contribution is 0.118. The number of aryl methyl sites for hydroxylation is 1. The standard InChI is InChI=1S/C12H21N5O/c1-10-7-16-17(9-10)5-4-14-12(13)15-8-11-3-2-6-18-11/h7,9,11H,2-6,8H2,1H3,(H3,13,14,15). The molecule has 1 fully saturated rings. The van der Waals surface area contributed by atoms with E-state index in [1.54, 1.807) is 0 Å². The number of aromatic nitrogens is 2. The van der Waals surface area contributed by atoms with Crippen LogP contribution in [0.1, 0.15) is 18.4 Å². The van der Waals surface area contributed by atoms with Crippen molar-refractivity contribution in [1.29, 1.82) is 0 Å². The number of nitrogens with two attached hydrogens (primary N) is 1. The highest BCUT2D eigenvalue weighted by Crippen LogP contribution is 2.11. The molecule has 0 aliphatic carbocycles. The van der Waals surface area contributed by atoms with Crippen LogP contribution < -0.4 is 11.1 Å². The quantitative estimate of drug-likeness (QED) is 0.582. The maximum atomic E-state index is 5.77. The Balaban J connectivity index is 1.64. The van der Waals surface area contributed by atoms with Crippen LogP contribution in [0.4, 0.5) is 0 Å². The third kappa shape index (κ3) is 4.03. The minimum Gasteiger partial charge on any atom is -0.376 e. The fraction of sp³-hybridized carbons (Fsp3) is 0.667. The van der Waals surface area contributed by atoms with Crippen LogP contribution in [0, 0.1) is 6.92 Å². The van der Waals surface area contributed by atoms with Crippen molar-refractivity contribution in [2.75, 3.05) is 19.7 Å². The Morgan fingerprint density at radius 1 is 1.72 bits per heavy atom. The van der Waals surface area contributed by atoms with Gasteiger partial charge in [-0.3, -0.25) is 9.67 Å². The summed E-state index contributed by atoms with van der Waals surface area (Å²) in [6.07, 6.45) is 6.31. The summed E-state index contributed by atoms with van der Waals surface area (Å²) in [5.74, 6) is 0.481. The maximum absolute atomic E-state index is 5.77. The Labute approximate surface area is 107 Å². The predicted octanol–water partition coefficient (Wildman–Crippen LogP) is 0.275. The number of hydrogen-bond acceptors (Lipinski definition) is 3. The number of ether oxygens (including phenoxy) is 1. The van der Waals surface area contributed by atoms with Gasteiger partial charge in [0.1, 0.15) is 0 Å². The fourth-order valence-electron chi connectivity index (χ4n) is 1.93. The second-order valence-corrected chi connectivity index (χ2v) is 4.57. The van der Waals surface area contributed by atoms with E-state index in [-0.39, 0.29) is 6.10 Å². The number of nitrogens with one attached hydrogen (secondary N) is 1. The first-order valence-corrected chi connectivity index (χ1v) is 6.38. The third-order valence-electron chi connectivity index (χ3n) is 2.90. The van der Waals surface area contributed by atoms with Gasteiger partial charge in [0, 0.05) is 19.3 Å². The summed E-state index contributed by atoms with van der Waals surface area (Å²) in [6.45, 7) is 5.03. The van der Waals surface area contributed by atoms with Gasteiger partial charge < -0.3 is 15.8 Å². The van der Waals surface area contributed by atoms with Crippen molar-refractivity contribution < 1.29 is 4.74 Å². The summed E-state index contributed by atoms with van der Waals surface area (Å²) in [5.41, 5.74) is 6.94. The van der Waals surface area contributed by atoms with Gasteiger partial charge in [0.05, 0.1) is 25.4 Å². The normalized spacial score (nSPS) is 20.3. The molecule has 1 saturated heterocycles. The highest BCUT2D eigenvalue weighted by Gasteiger charge is 2.14. The SMILES string of the molecule is Cc1cnn(CCNC(N)=NCC2CCCO2)c1.